The van der Waals surface area contributed by atoms with E-state index in [9.17, 15) is 4.79 Å². The van der Waals surface area contributed by atoms with Crippen molar-refractivity contribution in [3.8, 4) is 0 Å². The van der Waals surface area contributed by atoms with Crippen LogP contribution in [0.3, 0.4) is 0 Å². The molecule has 0 aliphatic carbocycles. The van der Waals surface area contributed by atoms with E-state index in [1.807, 2.05) is 30.3 Å². The van der Waals surface area contributed by atoms with Gasteiger partial charge in [-0.1, -0.05) is 67.9 Å². The Bertz CT molecular complexity index is 739. The van der Waals surface area contributed by atoms with Crippen molar-refractivity contribution >= 4 is 5.78 Å². The number of Topliss-reactive ketones (excluding diaryl/α,β-unsaturated/α-hetero) is 1. The number of carbonyl (C=O) groups is 1. The maximum atomic E-state index is 12.3. The van der Waals surface area contributed by atoms with Crippen LogP contribution < -0.4 is 0 Å². The molecule has 29 heavy (non-hydrogen) atoms. The van der Waals surface area contributed by atoms with Crippen LogP contribution in [0.2, 0.25) is 0 Å². The Morgan fingerprint density at radius 1 is 0.897 bits per heavy atom. The lowest BCUT2D eigenvalue weighted by Crippen LogP contribution is -2.39. The second-order valence-corrected chi connectivity index (χ2v) is 8.46. The fourth-order valence-corrected chi connectivity index (χ4v) is 4.70. The summed E-state index contributed by atoms with van der Waals surface area (Å²) in [5, 5.41) is 0. The van der Waals surface area contributed by atoms with Gasteiger partial charge in [0, 0.05) is 18.0 Å². The maximum absolute atomic E-state index is 12.3. The van der Waals surface area contributed by atoms with Crippen LogP contribution in [-0.2, 0) is 12.8 Å². The largest absolute Gasteiger partial charge is 0.300 e. The summed E-state index contributed by atoms with van der Waals surface area (Å²) in [7, 11) is 0. The molecule has 0 aromatic heterocycles. The van der Waals surface area contributed by atoms with E-state index >= 15 is 0 Å². The molecule has 1 unspecified atom stereocenters. The molecule has 0 saturated carbocycles. The van der Waals surface area contributed by atoms with Gasteiger partial charge in [0.2, 0.25) is 0 Å². The summed E-state index contributed by atoms with van der Waals surface area (Å²) >= 11 is 0. The van der Waals surface area contributed by atoms with Crippen LogP contribution in [0.4, 0.5) is 0 Å². The molecule has 0 spiro atoms. The van der Waals surface area contributed by atoms with E-state index in [1.54, 1.807) is 0 Å². The molecule has 1 aliphatic heterocycles. The Hall–Kier alpha value is -1.93. The molecule has 1 aliphatic rings. The van der Waals surface area contributed by atoms with Crippen LogP contribution in [0.15, 0.2) is 54.6 Å². The Morgan fingerprint density at radius 2 is 1.59 bits per heavy atom. The highest BCUT2D eigenvalue weighted by molar-refractivity contribution is 5.95. The zero-order chi connectivity index (χ0) is 20.3. The number of likely N-dealkylation sites (tertiary alicyclic amines) is 1. The first-order valence-corrected chi connectivity index (χ1v) is 11.7. The third kappa shape index (κ3) is 6.82. The summed E-state index contributed by atoms with van der Waals surface area (Å²) in [5.41, 5.74) is 3.83. The van der Waals surface area contributed by atoms with Gasteiger partial charge in [0.15, 0.2) is 5.78 Å². The molecular formula is C27H37NO. The van der Waals surface area contributed by atoms with Gasteiger partial charge in [-0.3, -0.25) is 4.79 Å². The minimum Gasteiger partial charge on any atom is -0.300 e. The number of rotatable bonds is 11. The molecule has 156 valence electrons. The van der Waals surface area contributed by atoms with Gasteiger partial charge >= 0.3 is 0 Å². The minimum absolute atomic E-state index is 0.269. The number of piperidine rings is 1. The normalized spacial score (nSPS) is 17.3. The lowest BCUT2D eigenvalue weighted by molar-refractivity contribution is 0.0979. The average Bonchev–Trinajstić information content (AvgIpc) is 2.78. The number of benzene rings is 2. The SMILES string of the molecule is CCC1CCCCN1CCCc1ccccc1CCCCC(=O)c1ccccc1. The van der Waals surface area contributed by atoms with Crippen molar-refractivity contribution in [3.05, 3.63) is 71.3 Å². The quantitative estimate of drug-likeness (QED) is 0.323. The number of aryl methyl sites for hydroxylation is 2. The van der Waals surface area contributed by atoms with E-state index in [2.05, 4.69) is 36.1 Å². The summed E-state index contributed by atoms with van der Waals surface area (Å²) in [6.07, 6.45) is 11.7. The summed E-state index contributed by atoms with van der Waals surface area (Å²) in [6.45, 7) is 4.86. The zero-order valence-electron chi connectivity index (χ0n) is 18.1. The van der Waals surface area contributed by atoms with E-state index in [4.69, 9.17) is 0 Å². The van der Waals surface area contributed by atoms with Gasteiger partial charge in [0.25, 0.3) is 0 Å². The number of hydrogen-bond acceptors (Lipinski definition) is 2. The molecule has 2 aromatic rings. The molecule has 2 aromatic carbocycles. The van der Waals surface area contributed by atoms with Gasteiger partial charge < -0.3 is 4.90 Å². The molecule has 2 nitrogen and oxygen atoms in total. The molecule has 1 saturated heterocycles. The molecule has 1 heterocycles. The fraction of sp³-hybridized carbons (Fsp3) is 0.519. The third-order valence-electron chi connectivity index (χ3n) is 6.43. The minimum atomic E-state index is 0.269. The number of nitrogens with zero attached hydrogens (tertiary/aromatic N) is 1. The summed E-state index contributed by atoms with van der Waals surface area (Å²) < 4.78 is 0. The average molecular weight is 392 g/mol. The predicted molar refractivity (Wildman–Crippen MR) is 123 cm³/mol. The molecule has 2 heteroatoms. The number of carbonyl (C=O) groups excluding carboxylic acids is 1. The first-order valence-electron chi connectivity index (χ1n) is 11.7. The van der Waals surface area contributed by atoms with Gasteiger partial charge in [-0.2, -0.15) is 0 Å². The third-order valence-corrected chi connectivity index (χ3v) is 6.43. The van der Waals surface area contributed by atoms with Crippen molar-refractivity contribution in [1.29, 1.82) is 0 Å². The van der Waals surface area contributed by atoms with Crippen molar-refractivity contribution in [1.82, 2.24) is 4.90 Å². The fourth-order valence-electron chi connectivity index (χ4n) is 4.70. The van der Waals surface area contributed by atoms with Crippen molar-refractivity contribution < 1.29 is 4.79 Å². The van der Waals surface area contributed by atoms with E-state index in [-0.39, 0.29) is 5.78 Å². The van der Waals surface area contributed by atoms with Crippen molar-refractivity contribution in [2.24, 2.45) is 0 Å². The maximum Gasteiger partial charge on any atom is 0.162 e. The standard InChI is InChI=1S/C27H37NO/c1-2-26-19-10-11-21-28(26)22-12-18-24-14-7-6-13-23(24)15-8-9-20-27(29)25-16-4-3-5-17-25/h3-7,13-14,16-17,26H,2,8-12,15,18-22H2,1H3. The van der Waals surface area contributed by atoms with Crippen LogP contribution in [0.25, 0.3) is 0 Å². The van der Waals surface area contributed by atoms with Crippen LogP contribution in [0.1, 0.15) is 79.8 Å². The Balaban J connectivity index is 1.42. The number of hydrogen-bond donors (Lipinski definition) is 0. The Morgan fingerprint density at radius 3 is 2.31 bits per heavy atom. The Labute approximate surface area is 177 Å². The molecule has 1 fully saturated rings. The lowest BCUT2D eigenvalue weighted by atomic mass is 9.96. The summed E-state index contributed by atoms with van der Waals surface area (Å²) in [5.74, 6) is 0.269. The number of ketones is 1. The van der Waals surface area contributed by atoms with Crippen molar-refractivity contribution in [3.63, 3.8) is 0 Å². The first-order chi connectivity index (χ1) is 14.3. The molecule has 0 radical (unpaired) electrons. The van der Waals surface area contributed by atoms with Gasteiger partial charge in [-0.25, -0.2) is 0 Å². The van der Waals surface area contributed by atoms with E-state index in [0.29, 0.717) is 6.42 Å². The second kappa shape index (κ2) is 11.9. The van der Waals surface area contributed by atoms with Gasteiger partial charge in [0.1, 0.15) is 0 Å². The van der Waals surface area contributed by atoms with Crippen molar-refractivity contribution in [2.75, 3.05) is 13.1 Å². The molecular weight excluding hydrogens is 354 g/mol. The lowest BCUT2D eigenvalue weighted by Gasteiger charge is -2.35. The van der Waals surface area contributed by atoms with Gasteiger partial charge in [-0.05, 0) is 75.6 Å². The van der Waals surface area contributed by atoms with Crippen LogP contribution in [0.5, 0.6) is 0 Å². The highest BCUT2D eigenvalue weighted by atomic mass is 16.1. The second-order valence-electron chi connectivity index (χ2n) is 8.46. The van der Waals surface area contributed by atoms with Crippen LogP contribution >= 0.6 is 0 Å². The summed E-state index contributed by atoms with van der Waals surface area (Å²) in [6, 6.07) is 19.4. The smallest absolute Gasteiger partial charge is 0.162 e. The highest BCUT2D eigenvalue weighted by Gasteiger charge is 2.19. The molecule has 1 atom stereocenters. The van der Waals surface area contributed by atoms with Gasteiger partial charge in [-0.15, -0.1) is 0 Å². The van der Waals surface area contributed by atoms with Crippen LogP contribution in [-0.4, -0.2) is 29.8 Å². The van der Waals surface area contributed by atoms with E-state index < -0.39 is 0 Å². The van der Waals surface area contributed by atoms with E-state index in [1.165, 1.54) is 62.7 Å². The predicted octanol–water partition coefficient (Wildman–Crippen LogP) is 6.48. The summed E-state index contributed by atoms with van der Waals surface area (Å²) in [4.78, 5) is 15.0. The topological polar surface area (TPSA) is 20.3 Å². The van der Waals surface area contributed by atoms with Crippen molar-refractivity contribution in [2.45, 2.75) is 77.2 Å². The number of unbranched alkanes of at least 4 members (excludes halogenated alkanes) is 1. The Kier molecular flexibility index (Phi) is 8.95. The monoisotopic (exact) mass is 391 g/mol. The van der Waals surface area contributed by atoms with E-state index in [0.717, 1.165) is 30.9 Å². The highest BCUT2D eigenvalue weighted by Crippen LogP contribution is 2.21. The molecule has 0 amide bonds. The van der Waals surface area contributed by atoms with Crippen LogP contribution in [0, 0.1) is 0 Å². The molecule has 3 rings (SSSR count). The molecule has 0 bridgehead atoms. The molecule has 0 N–H and O–H groups in total. The zero-order valence-corrected chi connectivity index (χ0v) is 18.1. The first kappa shape index (κ1) is 21.8. The van der Waals surface area contributed by atoms with Gasteiger partial charge in [0.05, 0.1) is 0 Å².